The molecule has 3 N–H and O–H groups in total. The molecule has 18 heavy (non-hydrogen) atoms. The van der Waals surface area contributed by atoms with E-state index in [0.717, 1.165) is 39.1 Å². The zero-order valence-corrected chi connectivity index (χ0v) is 10.6. The lowest BCUT2D eigenvalue weighted by Crippen LogP contribution is -2.32. The molecule has 0 aromatic carbocycles. The van der Waals surface area contributed by atoms with E-state index in [0.29, 0.717) is 24.9 Å². The van der Waals surface area contributed by atoms with Crippen molar-refractivity contribution in [1.29, 1.82) is 0 Å². The van der Waals surface area contributed by atoms with Crippen molar-refractivity contribution < 1.29 is 9.52 Å². The van der Waals surface area contributed by atoms with Gasteiger partial charge in [-0.25, -0.2) is 0 Å². The summed E-state index contributed by atoms with van der Waals surface area (Å²) in [5, 5.41) is 17.0. The highest BCUT2D eigenvalue weighted by Crippen LogP contribution is 2.14. The number of nitrogens with zero attached hydrogens (tertiary/aromatic N) is 4. The molecule has 1 aromatic rings. The number of aromatic nitrogens is 2. The lowest BCUT2D eigenvalue weighted by atomic mass is 10.4. The van der Waals surface area contributed by atoms with Crippen LogP contribution in [-0.4, -0.2) is 66.1 Å². The molecule has 0 spiro atoms. The summed E-state index contributed by atoms with van der Waals surface area (Å²) in [5.74, 6) is 0.601. The fourth-order valence-corrected chi connectivity index (χ4v) is 2.12. The maximum Gasteiger partial charge on any atom is 0.318 e. The van der Waals surface area contributed by atoms with Gasteiger partial charge in [-0.2, -0.15) is 0 Å². The monoisotopic (exact) mass is 255 g/mol. The first-order chi connectivity index (χ1) is 8.83. The molecule has 0 unspecified atom stereocenters. The van der Waals surface area contributed by atoms with Crippen molar-refractivity contribution in [3.05, 3.63) is 5.89 Å². The van der Waals surface area contributed by atoms with E-state index < -0.39 is 0 Å². The van der Waals surface area contributed by atoms with Crippen LogP contribution in [0.1, 0.15) is 12.3 Å². The Labute approximate surface area is 107 Å². The molecule has 1 fully saturated rings. The molecule has 0 radical (unpaired) electrons. The minimum atomic E-state index is 0.210. The minimum absolute atomic E-state index is 0.210. The molecule has 1 aliphatic heterocycles. The second-order valence-corrected chi connectivity index (χ2v) is 4.42. The molecule has 1 aliphatic rings. The van der Waals surface area contributed by atoms with E-state index in [-0.39, 0.29) is 6.61 Å². The quantitative estimate of drug-likeness (QED) is 0.702. The highest BCUT2D eigenvalue weighted by atomic mass is 16.4. The highest BCUT2D eigenvalue weighted by molar-refractivity contribution is 5.24. The van der Waals surface area contributed by atoms with Crippen molar-refractivity contribution >= 4 is 6.01 Å². The van der Waals surface area contributed by atoms with Gasteiger partial charge in [0.15, 0.2) is 0 Å². The Hall–Kier alpha value is -1.18. The Bertz CT molecular complexity index is 357. The first kappa shape index (κ1) is 13.3. The van der Waals surface area contributed by atoms with E-state index in [9.17, 15) is 0 Å². The SMILES string of the molecule is NCCc1nnc(N2CCCN(CCO)CC2)o1. The van der Waals surface area contributed by atoms with Gasteiger partial charge in [0.25, 0.3) is 0 Å². The third-order valence-corrected chi connectivity index (χ3v) is 3.09. The van der Waals surface area contributed by atoms with Gasteiger partial charge in [0, 0.05) is 39.1 Å². The summed E-state index contributed by atoms with van der Waals surface area (Å²) >= 11 is 0. The standard InChI is InChI=1S/C11H21N5O2/c12-3-2-10-13-14-11(18-10)16-5-1-4-15(6-7-16)8-9-17/h17H,1-9,12H2. The smallest absolute Gasteiger partial charge is 0.318 e. The Morgan fingerprint density at radius 3 is 2.89 bits per heavy atom. The summed E-state index contributed by atoms with van der Waals surface area (Å²) < 4.78 is 5.57. The Balaban J connectivity index is 1.92. The average Bonchev–Trinajstić information content (AvgIpc) is 2.70. The molecule has 1 saturated heterocycles. The van der Waals surface area contributed by atoms with Crippen LogP contribution in [0.3, 0.4) is 0 Å². The summed E-state index contributed by atoms with van der Waals surface area (Å²) in [6.07, 6.45) is 1.66. The second-order valence-electron chi connectivity index (χ2n) is 4.42. The van der Waals surface area contributed by atoms with Gasteiger partial charge in [-0.05, 0) is 13.0 Å². The number of rotatable bonds is 5. The van der Waals surface area contributed by atoms with Gasteiger partial charge in [-0.15, -0.1) is 5.10 Å². The van der Waals surface area contributed by atoms with Crippen molar-refractivity contribution in [2.24, 2.45) is 5.73 Å². The normalized spacial score (nSPS) is 18.0. The summed E-state index contributed by atoms with van der Waals surface area (Å²) in [6.45, 7) is 5.13. The third-order valence-electron chi connectivity index (χ3n) is 3.09. The summed E-state index contributed by atoms with van der Waals surface area (Å²) in [6, 6.07) is 0.587. The Morgan fingerprint density at radius 2 is 2.11 bits per heavy atom. The van der Waals surface area contributed by atoms with Gasteiger partial charge < -0.3 is 20.2 Å². The molecule has 0 atom stereocenters. The number of anilines is 1. The number of aliphatic hydroxyl groups is 1. The van der Waals surface area contributed by atoms with Crippen LogP contribution in [0, 0.1) is 0 Å². The van der Waals surface area contributed by atoms with Gasteiger partial charge in [0.2, 0.25) is 5.89 Å². The molecule has 0 bridgehead atoms. The molecule has 2 heterocycles. The maximum atomic E-state index is 8.95. The Morgan fingerprint density at radius 1 is 1.22 bits per heavy atom. The molecule has 1 aromatic heterocycles. The van der Waals surface area contributed by atoms with Crippen molar-refractivity contribution in [1.82, 2.24) is 15.1 Å². The van der Waals surface area contributed by atoms with Crippen LogP contribution in [0.15, 0.2) is 4.42 Å². The van der Waals surface area contributed by atoms with Gasteiger partial charge in [0.05, 0.1) is 6.61 Å². The van der Waals surface area contributed by atoms with Gasteiger partial charge in [-0.3, -0.25) is 4.90 Å². The molecule has 7 nitrogen and oxygen atoms in total. The molecular weight excluding hydrogens is 234 g/mol. The van der Waals surface area contributed by atoms with E-state index >= 15 is 0 Å². The summed E-state index contributed by atoms with van der Waals surface area (Å²) in [7, 11) is 0. The largest absolute Gasteiger partial charge is 0.408 e. The van der Waals surface area contributed by atoms with Gasteiger partial charge in [-0.1, -0.05) is 5.10 Å². The van der Waals surface area contributed by atoms with Crippen LogP contribution in [0.4, 0.5) is 6.01 Å². The second kappa shape index (κ2) is 6.67. The van der Waals surface area contributed by atoms with Crippen molar-refractivity contribution in [3.63, 3.8) is 0 Å². The fraction of sp³-hybridized carbons (Fsp3) is 0.818. The molecule has 102 valence electrons. The van der Waals surface area contributed by atoms with Gasteiger partial charge >= 0.3 is 6.01 Å². The van der Waals surface area contributed by atoms with E-state index in [1.54, 1.807) is 0 Å². The van der Waals surface area contributed by atoms with E-state index in [1.807, 2.05) is 0 Å². The fourth-order valence-electron chi connectivity index (χ4n) is 2.12. The average molecular weight is 255 g/mol. The van der Waals surface area contributed by atoms with Crippen LogP contribution >= 0.6 is 0 Å². The van der Waals surface area contributed by atoms with Crippen molar-refractivity contribution in [2.45, 2.75) is 12.8 Å². The molecule has 0 aliphatic carbocycles. The van der Waals surface area contributed by atoms with Crippen LogP contribution in [0.2, 0.25) is 0 Å². The minimum Gasteiger partial charge on any atom is -0.408 e. The van der Waals surface area contributed by atoms with E-state index in [4.69, 9.17) is 15.3 Å². The van der Waals surface area contributed by atoms with Crippen molar-refractivity contribution in [2.75, 3.05) is 50.8 Å². The first-order valence-electron chi connectivity index (χ1n) is 6.44. The van der Waals surface area contributed by atoms with Crippen LogP contribution in [0.25, 0.3) is 0 Å². The van der Waals surface area contributed by atoms with E-state index in [2.05, 4.69) is 20.0 Å². The number of nitrogens with two attached hydrogens (primary N) is 1. The first-order valence-corrected chi connectivity index (χ1v) is 6.44. The molecule has 7 heteroatoms. The highest BCUT2D eigenvalue weighted by Gasteiger charge is 2.18. The molecule has 0 saturated carbocycles. The van der Waals surface area contributed by atoms with Crippen LogP contribution in [-0.2, 0) is 6.42 Å². The predicted octanol–water partition coefficient (Wildman–Crippen LogP) is -0.925. The van der Waals surface area contributed by atoms with E-state index in [1.165, 1.54) is 0 Å². The molecular formula is C11H21N5O2. The van der Waals surface area contributed by atoms with Crippen LogP contribution < -0.4 is 10.6 Å². The summed E-state index contributed by atoms with van der Waals surface area (Å²) in [5.41, 5.74) is 5.45. The zero-order valence-electron chi connectivity index (χ0n) is 10.6. The third kappa shape index (κ3) is 3.41. The van der Waals surface area contributed by atoms with Gasteiger partial charge in [0.1, 0.15) is 0 Å². The van der Waals surface area contributed by atoms with Crippen molar-refractivity contribution in [3.8, 4) is 0 Å². The maximum absolute atomic E-state index is 8.95. The number of aliphatic hydroxyl groups excluding tert-OH is 1. The number of hydrogen-bond acceptors (Lipinski definition) is 7. The number of β-amino-alcohol motifs (C(OH)–C–C–N with tert-alkyl or cyclic N) is 1. The molecule has 0 amide bonds. The summed E-state index contributed by atoms with van der Waals surface area (Å²) in [4.78, 5) is 4.35. The lowest BCUT2D eigenvalue weighted by molar-refractivity contribution is 0.204. The zero-order chi connectivity index (χ0) is 12.8. The lowest BCUT2D eigenvalue weighted by Gasteiger charge is -2.19. The molecule has 2 rings (SSSR count). The van der Waals surface area contributed by atoms with Crippen LogP contribution in [0.5, 0.6) is 0 Å². The topological polar surface area (TPSA) is 91.7 Å². The Kier molecular flexibility index (Phi) is 4.91. The number of hydrogen-bond donors (Lipinski definition) is 2. The predicted molar refractivity (Wildman–Crippen MR) is 67.4 cm³/mol.